The molecule has 3 rings (SSSR count). The summed E-state index contributed by atoms with van der Waals surface area (Å²) in [4.78, 5) is 14.3. The lowest BCUT2D eigenvalue weighted by Crippen LogP contribution is -2.38. The third kappa shape index (κ3) is 1.83. The quantitative estimate of drug-likeness (QED) is 0.845. The van der Waals surface area contributed by atoms with E-state index in [9.17, 15) is 4.79 Å². The Hall–Kier alpha value is -2.43. The predicted molar refractivity (Wildman–Crippen MR) is 73.4 cm³/mol. The third-order valence-corrected chi connectivity index (χ3v) is 3.32. The van der Waals surface area contributed by atoms with Gasteiger partial charge in [-0.25, -0.2) is 0 Å². The molecule has 1 aromatic carbocycles. The number of rotatable bonds is 1. The number of nitrogens with zero attached hydrogens (tertiary/aromatic N) is 2. The molecular weight excluding hydrogens is 242 g/mol. The van der Waals surface area contributed by atoms with E-state index in [4.69, 9.17) is 10.5 Å². The van der Waals surface area contributed by atoms with E-state index in [-0.39, 0.29) is 5.91 Å². The lowest BCUT2D eigenvalue weighted by atomic mass is 10.2. The first-order valence-corrected chi connectivity index (χ1v) is 6.13. The van der Waals surface area contributed by atoms with Crippen molar-refractivity contribution in [2.24, 2.45) is 7.05 Å². The number of nitrogens with two attached hydrogens (primary N) is 1. The number of hydrogen-bond acceptors (Lipinski definition) is 3. The molecule has 0 radical (unpaired) electrons. The highest BCUT2D eigenvalue weighted by Crippen LogP contribution is 2.32. The molecule has 1 aliphatic heterocycles. The Labute approximate surface area is 111 Å². The van der Waals surface area contributed by atoms with Crippen molar-refractivity contribution >= 4 is 17.4 Å². The van der Waals surface area contributed by atoms with Crippen LogP contribution in [0.4, 0.5) is 11.5 Å². The number of fused-ring (bicyclic) bond motifs is 1. The van der Waals surface area contributed by atoms with Crippen LogP contribution in [0.2, 0.25) is 0 Å². The molecular formula is C14H15N3O2. The van der Waals surface area contributed by atoms with Crippen LogP contribution >= 0.6 is 0 Å². The third-order valence-electron chi connectivity index (χ3n) is 3.32. The van der Waals surface area contributed by atoms with Gasteiger partial charge in [-0.15, -0.1) is 0 Å². The van der Waals surface area contributed by atoms with Crippen LogP contribution < -0.4 is 15.4 Å². The second-order valence-electron chi connectivity index (χ2n) is 4.50. The molecule has 5 nitrogen and oxygen atoms in total. The van der Waals surface area contributed by atoms with Gasteiger partial charge >= 0.3 is 0 Å². The first-order chi connectivity index (χ1) is 9.18. The Bertz CT molecular complexity index is 633. The number of nitrogen functional groups attached to an aromatic ring is 1. The molecule has 0 saturated carbocycles. The van der Waals surface area contributed by atoms with Crippen LogP contribution in [0.25, 0.3) is 0 Å². The van der Waals surface area contributed by atoms with Crippen LogP contribution in [0.1, 0.15) is 10.4 Å². The highest BCUT2D eigenvalue weighted by atomic mass is 16.5. The van der Waals surface area contributed by atoms with Crippen LogP contribution in [0, 0.1) is 0 Å². The van der Waals surface area contributed by atoms with Crippen LogP contribution in [0.5, 0.6) is 5.75 Å². The Balaban J connectivity index is 2.00. The molecule has 0 spiro atoms. The summed E-state index contributed by atoms with van der Waals surface area (Å²) in [6.45, 7) is 1.03. The zero-order valence-electron chi connectivity index (χ0n) is 10.7. The maximum atomic E-state index is 12.6. The fourth-order valence-electron chi connectivity index (χ4n) is 2.25. The lowest BCUT2D eigenvalue weighted by molar-refractivity contribution is 0.0977. The van der Waals surface area contributed by atoms with Crippen molar-refractivity contribution < 1.29 is 9.53 Å². The van der Waals surface area contributed by atoms with Gasteiger partial charge in [0, 0.05) is 13.2 Å². The number of carbonyl (C=O) groups excluding carboxylic acids is 1. The summed E-state index contributed by atoms with van der Waals surface area (Å²) >= 11 is 0. The molecule has 0 bridgehead atoms. The molecule has 2 aromatic rings. The summed E-state index contributed by atoms with van der Waals surface area (Å²) in [5.74, 6) is 1.12. The molecule has 1 aromatic heterocycles. The van der Waals surface area contributed by atoms with Gasteiger partial charge < -0.3 is 19.9 Å². The second-order valence-corrected chi connectivity index (χ2v) is 4.50. The highest BCUT2D eigenvalue weighted by molar-refractivity contribution is 6.09. The first kappa shape index (κ1) is 11.6. The van der Waals surface area contributed by atoms with Crippen molar-refractivity contribution in [1.29, 1.82) is 0 Å². The van der Waals surface area contributed by atoms with Crippen LogP contribution in [0.3, 0.4) is 0 Å². The second kappa shape index (κ2) is 4.35. The molecule has 2 heterocycles. The van der Waals surface area contributed by atoms with Crippen LogP contribution in [-0.4, -0.2) is 23.6 Å². The van der Waals surface area contributed by atoms with Gasteiger partial charge in [-0.2, -0.15) is 0 Å². The zero-order valence-corrected chi connectivity index (χ0v) is 10.7. The van der Waals surface area contributed by atoms with E-state index >= 15 is 0 Å². The van der Waals surface area contributed by atoms with Crippen molar-refractivity contribution in [3.8, 4) is 5.75 Å². The van der Waals surface area contributed by atoms with E-state index < -0.39 is 0 Å². The van der Waals surface area contributed by atoms with Crippen molar-refractivity contribution in [3.05, 3.63) is 42.1 Å². The molecule has 1 aliphatic rings. The van der Waals surface area contributed by atoms with Gasteiger partial charge in [0.15, 0.2) is 0 Å². The Morgan fingerprint density at radius 2 is 2.11 bits per heavy atom. The number of amides is 1. The molecule has 0 aliphatic carbocycles. The van der Waals surface area contributed by atoms with Gasteiger partial charge in [0.25, 0.3) is 5.91 Å². The topological polar surface area (TPSA) is 60.5 Å². The summed E-state index contributed by atoms with van der Waals surface area (Å²) < 4.78 is 7.28. The number of anilines is 2. The highest BCUT2D eigenvalue weighted by Gasteiger charge is 2.26. The van der Waals surface area contributed by atoms with Gasteiger partial charge in [-0.05, 0) is 18.2 Å². The average Bonchev–Trinajstić information content (AvgIpc) is 2.78. The predicted octanol–water partition coefficient (Wildman–Crippen LogP) is 1.65. The minimum absolute atomic E-state index is 0.0890. The van der Waals surface area contributed by atoms with Crippen LogP contribution in [-0.2, 0) is 7.05 Å². The van der Waals surface area contributed by atoms with E-state index in [1.165, 1.54) is 0 Å². The van der Waals surface area contributed by atoms with Gasteiger partial charge in [-0.1, -0.05) is 12.1 Å². The number of hydrogen-bond donors (Lipinski definition) is 1. The number of aromatic nitrogens is 1. The summed E-state index contributed by atoms with van der Waals surface area (Å²) in [5, 5.41) is 0. The number of aryl methyl sites for hydroxylation is 1. The fourth-order valence-corrected chi connectivity index (χ4v) is 2.25. The summed E-state index contributed by atoms with van der Waals surface area (Å²) in [6.07, 6.45) is 1.79. The van der Waals surface area contributed by atoms with E-state index in [1.54, 1.807) is 21.7 Å². The van der Waals surface area contributed by atoms with Gasteiger partial charge in [0.1, 0.15) is 18.2 Å². The van der Waals surface area contributed by atoms with Gasteiger partial charge in [-0.3, -0.25) is 4.79 Å². The Morgan fingerprint density at radius 3 is 2.84 bits per heavy atom. The molecule has 0 fully saturated rings. The minimum atomic E-state index is -0.0890. The number of para-hydroxylation sites is 2. The van der Waals surface area contributed by atoms with Crippen molar-refractivity contribution in [3.63, 3.8) is 0 Å². The van der Waals surface area contributed by atoms with Gasteiger partial charge in [0.2, 0.25) is 0 Å². The largest absolute Gasteiger partial charge is 0.490 e. The Morgan fingerprint density at radius 1 is 1.32 bits per heavy atom. The van der Waals surface area contributed by atoms with Crippen molar-refractivity contribution in [2.45, 2.75) is 0 Å². The smallest absolute Gasteiger partial charge is 0.262 e. The molecule has 0 saturated heterocycles. The van der Waals surface area contributed by atoms with E-state index in [2.05, 4.69) is 0 Å². The fraction of sp³-hybridized carbons (Fsp3) is 0.214. The molecule has 0 atom stereocenters. The molecule has 5 heteroatoms. The maximum absolute atomic E-state index is 12.6. The number of benzene rings is 1. The summed E-state index contributed by atoms with van der Waals surface area (Å²) in [6, 6.07) is 9.27. The number of ether oxygens (including phenoxy) is 1. The van der Waals surface area contributed by atoms with E-state index in [1.807, 2.05) is 31.3 Å². The number of carbonyl (C=O) groups is 1. The molecule has 0 unspecified atom stereocenters. The van der Waals surface area contributed by atoms with Crippen LogP contribution in [0.15, 0.2) is 36.5 Å². The lowest BCUT2D eigenvalue weighted by Gasteiger charge is -2.29. The maximum Gasteiger partial charge on any atom is 0.262 e. The van der Waals surface area contributed by atoms with E-state index in [0.717, 1.165) is 11.4 Å². The first-order valence-electron chi connectivity index (χ1n) is 6.13. The summed E-state index contributed by atoms with van der Waals surface area (Å²) in [5.41, 5.74) is 7.23. The zero-order chi connectivity index (χ0) is 13.4. The molecule has 19 heavy (non-hydrogen) atoms. The minimum Gasteiger partial charge on any atom is -0.490 e. The average molecular weight is 257 g/mol. The SMILES string of the molecule is Cn1ccc(C(=O)N2CCOc3ccccc32)c1N. The van der Waals surface area contributed by atoms with Crippen molar-refractivity contribution in [1.82, 2.24) is 4.57 Å². The van der Waals surface area contributed by atoms with Crippen molar-refractivity contribution in [2.75, 3.05) is 23.8 Å². The molecule has 1 amide bonds. The van der Waals surface area contributed by atoms with E-state index in [0.29, 0.717) is 24.5 Å². The Kier molecular flexibility index (Phi) is 2.67. The standard InChI is InChI=1S/C14H15N3O2/c1-16-7-6-10(13(16)15)14(18)17-8-9-19-12-5-3-2-4-11(12)17/h2-7H,8-9,15H2,1H3. The normalized spacial score (nSPS) is 13.8. The molecule has 2 N–H and O–H groups in total. The summed E-state index contributed by atoms with van der Waals surface area (Å²) in [7, 11) is 1.82. The molecule has 98 valence electrons. The van der Waals surface area contributed by atoms with Gasteiger partial charge in [0.05, 0.1) is 17.8 Å². The monoisotopic (exact) mass is 257 g/mol.